The molecule has 1 amide bonds. The summed E-state index contributed by atoms with van der Waals surface area (Å²) < 4.78 is 0. The zero-order valence-corrected chi connectivity index (χ0v) is 16.9. The average molecular weight is 412 g/mol. The highest BCUT2D eigenvalue weighted by atomic mass is 127. The number of rotatable bonds is 6. The van der Waals surface area contributed by atoms with E-state index in [9.17, 15) is 4.79 Å². The molecule has 0 aliphatic carbocycles. The molecule has 0 spiro atoms. The van der Waals surface area contributed by atoms with Gasteiger partial charge in [-0.1, -0.05) is 20.8 Å². The van der Waals surface area contributed by atoms with Gasteiger partial charge in [-0.25, -0.2) is 0 Å². The summed E-state index contributed by atoms with van der Waals surface area (Å²) in [7, 11) is 5.29. The summed E-state index contributed by atoms with van der Waals surface area (Å²) in [6, 6.07) is 0.366. The molecule has 2 N–H and O–H groups in total. The molecule has 0 heterocycles. The summed E-state index contributed by atoms with van der Waals surface area (Å²) in [6.07, 6.45) is 2.74. The standard InChI is InChI=1S/C15H32N4O.HI/c1-12(8-10-15(2,3)4)18-14(16-5)17-11-9-13(20)19(6)7;/h12H,8-11H2,1-7H3,(H2,16,17,18);1H. The van der Waals surface area contributed by atoms with Crippen molar-refractivity contribution in [3.63, 3.8) is 0 Å². The molecular weight excluding hydrogens is 379 g/mol. The lowest BCUT2D eigenvalue weighted by Crippen LogP contribution is -2.43. The number of amides is 1. The maximum atomic E-state index is 11.5. The number of guanidine groups is 1. The Balaban J connectivity index is 0. The third-order valence-electron chi connectivity index (χ3n) is 3.06. The molecule has 21 heavy (non-hydrogen) atoms. The molecule has 1 atom stereocenters. The van der Waals surface area contributed by atoms with Gasteiger partial charge in [0.15, 0.2) is 5.96 Å². The maximum absolute atomic E-state index is 11.5. The summed E-state index contributed by atoms with van der Waals surface area (Å²) in [6.45, 7) is 9.51. The second-order valence-corrected chi connectivity index (χ2v) is 6.68. The van der Waals surface area contributed by atoms with E-state index in [1.54, 1.807) is 26.0 Å². The summed E-state index contributed by atoms with van der Waals surface area (Å²) in [4.78, 5) is 17.3. The van der Waals surface area contributed by atoms with Crippen LogP contribution in [0.25, 0.3) is 0 Å². The fourth-order valence-corrected chi connectivity index (χ4v) is 1.66. The Labute approximate surface area is 147 Å². The van der Waals surface area contributed by atoms with Gasteiger partial charge < -0.3 is 15.5 Å². The first kappa shape index (κ1) is 22.7. The van der Waals surface area contributed by atoms with Gasteiger partial charge in [-0.05, 0) is 25.2 Å². The minimum Gasteiger partial charge on any atom is -0.356 e. The van der Waals surface area contributed by atoms with Gasteiger partial charge in [-0.2, -0.15) is 0 Å². The third-order valence-corrected chi connectivity index (χ3v) is 3.06. The molecule has 0 aliphatic heterocycles. The number of carbonyl (C=O) groups is 1. The second kappa shape index (κ2) is 11.1. The predicted molar refractivity (Wildman–Crippen MR) is 101 cm³/mol. The van der Waals surface area contributed by atoms with Crippen molar-refractivity contribution in [2.45, 2.75) is 53.0 Å². The first-order valence-electron chi connectivity index (χ1n) is 7.33. The molecule has 0 bridgehead atoms. The van der Waals surface area contributed by atoms with Gasteiger partial charge in [0.25, 0.3) is 0 Å². The number of nitrogens with one attached hydrogen (secondary N) is 2. The van der Waals surface area contributed by atoms with Crippen molar-refractivity contribution in [3.05, 3.63) is 0 Å². The summed E-state index contributed by atoms with van der Waals surface area (Å²) >= 11 is 0. The number of nitrogens with zero attached hydrogens (tertiary/aromatic N) is 2. The van der Waals surface area contributed by atoms with Crippen LogP contribution in [0.2, 0.25) is 0 Å². The lowest BCUT2D eigenvalue weighted by atomic mass is 9.89. The molecule has 0 aromatic carbocycles. The average Bonchev–Trinajstić information content (AvgIpc) is 2.33. The van der Waals surface area contributed by atoms with Crippen LogP contribution >= 0.6 is 24.0 Å². The molecule has 0 aliphatic rings. The highest BCUT2D eigenvalue weighted by molar-refractivity contribution is 14.0. The van der Waals surface area contributed by atoms with Crippen LogP contribution in [0.5, 0.6) is 0 Å². The summed E-state index contributed by atoms with van der Waals surface area (Å²) in [5.41, 5.74) is 0.352. The molecule has 6 heteroatoms. The minimum atomic E-state index is 0. The summed E-state index contributed by atoms with van der Waals surface area (Å²) in [5.74, 6) is 0.881. The van der Waals surface area contributed by atoms with E-state index in [1.807, 2.05) is 0 Å². The fraction of sp³-hybridized carbons (Fsp3) is 0.867. The summed E-state index contributed by atoms with van der Waals surface area (Å²) in [5, 5.41) is 6.53. The van der Waals surface area contributed by atoms with Crippen LogP contribution in [0.15, 0.2) is 4.99 Å². The first-order chi connectivity index (χ1) is 9.15. The Bertz CT molecular complexity index is 324. The number of halogens is 1. The normalized spacial score (nSPS) is 13.2. The molecule has 126 valence electrons. The molecule has 5 nitrogen and oxygen atoms in total. The van der Waals surface area contributed by atoms with Crippen molar-refractivity contribution < 1.29 is 4.79 Å². The Morgan fingerprint density at radius 3 is 2.29 bits per heavy atom. The van der Waals surface area contributed by atoms with Crippen LogP contribution in [0.3, 0.4) is 0 Å². The van der Waals surface area contributed by atoms with Gasteiger partial charge in [-0.3, -0.25) is 9.79 Å². The molecule has 0 aromatic heterocycles. The van der Waals surface area contributed by atoms with Crippen LogP contribution in [0.4, 0.5) is 0 Å². The lowest BCUT2D eigenvalue weighted by molar-refractivity contribution is -0.128. The van der Waals surface area contributed by atoms with Gasteiger partial charge in [0, 0.05) is 40.2 Å². The monoisotopic (exact) mass is 412 g/mol. The van der Waals surface area contributed by atoms with Crippen LogP contribution in [0, 0.1) is 5.41 Å². The van der Waals surface area contributed by atoms with E-state index in [0.717, 1.165) is 18.8 Å². The van der Waals surface area contributed by atoms with Crippen molar-refractivity contribution in [2.24, 2.45) is 10.4 Å². The van der Waals surface area contributed by atoms with E-state index in [0.29, 0.717) is 24.4 Å². The van der Waals surface area contributed by atoms with Crippen LogP contribution in [-0.2, 0) is 4.79 Å². The van der Waals surface area contributed by atoms with Crippen molar-refractivity contribution in [1.29, 1.82) is 0 Å². The number of hydrogen-bond donors (Lipinski definition) is 2. The molecule has 0 saturated carbocycles. The number of aliphatic imine (C=N–C) groups is 1. The van der Waals surface area contributed by atoms with E-state index in [2.05, 4.69) is 43.3 Å². The third kappa shape index (κ3) is 12.9. The van der Waals surface area contributed by atoms with E-state index in [1.165, 1.54) is 0 Å². The highest BCUT2D eigenvalue weighted by Crippen LogP contribution is 2.21. The van der Waals surface area contributed by atoms with Gasteiger partial charge in [-0.15, -0.1) is 24.0 Å². The smallest absolute Gasteiger partial charge is 0.223 e. The van der Waals surface area contributed by atoms with Crippen molar-refractivity contribution in [1.82, 2.24) is 15.5 Å². The molecule has 0 saturated heterocycles. The zero-order chi connectivity index (χ0) is 15.8. The predicted octanol–water partition coefficient (Wildman–Crippen LogP) is 2.46. The highest BCUT2D eigenvalue weighted by Gasteiger charge is 2.13. The Kier molecular flexibility index (Phi) is 12.0. The molecule has 0 rings (SSSR count). The van der Waals surface area contributed by atoms with Gasteiger partial charge in [0.1, 0.15) is 0 Å². The quantitative estimate of drug-likeness (QED) is 0.400. The van der Waals surface area contributed by atoms with Gasteiger partial charge in [0.2, 0.25) is 5.91 Å². The van der Waals surface area contributed by atoms with E-state index >= 15 is 0 Å². The van der Waals surface area contributed by atoms with Crippen molar-refractivity contribution in [3.8, 4) is 0 Å². The van der Waals surface area contributed by atoms with E-state index < -0.39 is 0 Å². The molecular formula is C15H33IN4O. The van der Waals surface area contributed by atoms with Crippen molar-refractivity contribution in [2.75, 3.05) is 27.7 Å². The maximum Gasteiger partial charge on any atom is 0.223 e. The molecule has 0 aromatic rings. The lowest BCUT2D eigenvalue weighted by Gasteiger charge is -2.23. The second-order valence-electron chi connectivity index (χ2n) is 6.68. The fourth-order valence-electron chi connectivity index (χ4n) is 1.66. The van der Waals surface area contributed by atoms with E-state index in [4.69, 9.17) is 0 Å². The molecule has 0 radical (unpaired) electrons. The number of hydrogen-bond acceptors (Lipinski definition) is 2. The zero-order valence-electron chi connectivity index (χ0n) is 14.6. The van der Waals surface area contributed by atoms with Gasteiger partial charge in [0.05, 0.1) is 0 Å². The Morgan fingerprint density at radius 2 is 1.86 bits per heavy atom. The largest absolute Gasteiger partial charge is 0.356 e. The first-order valence-corrected chi connectivity index (χ1v) is 7.33. The minimum absolute atomic E-state index is 0. The van der Waals surface area contributed by atoms with Crippen LogP contribution in [-0.4, -0.2) is 50.5 Å². The van der Waals surface area contributed by atoms with E-state index in [-0.39, 0.29) is 29.9 Å². The Hall–Kier alpha value is -0.530. The SMILES string of the molecule is CN=C(NCCC(=O)N(C)C)NC(C)CCC(C)(C)C.I. The molecule has 1 unspecified atom stereocenters. The van der Waals surface area contributed by atoms with Crippen LogP contribution < -0.4 is 10.6 Å². The topological polar surface area (TPSA) is 56.7 Å². The number of carbonyl (C=O) groups excluding carboxylic acids is 1. The molecule has 0 fully saturated rings. The van der Waals surface area contributed by atoms with Crippen molar-refractivity contribution >= 4 is 35.8 Å². The Morgan fingerprint density at radius 1 is 1.29 bits per heavy atom. The van der Waals surface area contributed by atoms with Gasteiger partial charge >= 0.3 is 0 Å². The van der Waals surface area contributed by atoms with Crippen LogP contribution in [0.1, 0.15) is 47.0 Å².